The summed E-state index contributed by atoms with van der Waals surface area (Å²) in [7, 11) is 2.07. The lowest BCUT2D eigenvalue weighted by Crippen LogP contribution is -2.33. The average molecular weight is 353 g/mol. The van der Waals surface area contributed by atoms with Crippen LogP contribution in [0.4, 0.5) is 0 Å². The Kier molecular flexibility index (Phi) is 5.04. The Labute approximate surface area is 154 Å². The lowest BCUT2D eigenvalue weighted by molar-refractivity contribution is 0.0517. The third-order valence-corrected chi connectivity index (χ3v) is 5.40. The van der Waals surface area contributed by atoms with E-state index in [2.05, 4.69) is 57.8 Å². The molecule has 0 bridgehead atoms. The van der Waals surface area contributed by atoms with Gasteiger partial charge in [-0.15, -0.1) is 0 Å². The molecule has 0 radical (unpaired) electrons. The summed E-state index contributed by atoms with van der Waals surface area (Å²) in [6, 6.07) is 8.68. The summed E-state index contributed by atoms with van der Waals surface area (Å²) in [5.41, 5.74) is 2.31. The Morgan fingerprint density at radius 3 is 2.81 bits per heavy atom. The number of fused-ring (bicyclic) bond motifs is 1. The molecule has 138 valence electrons. The first-order valence-electron chi connectivity index (χ1n) is 9.50. The maximum atomic E-state index is 5.57. The van der Waals surface area contributed by atoms with E-state index in [-0.39, 0.29) is 6.04 Å². The molecule has 0 saturated carbocycles. The minimum atomic E-state index is 0.212. The van der Waals surface area contributed by atoms with Gasteiger partial charge in [-0.05, 0) is 31.7 Å². The molecule has 1 saturated heterocycles. The molecule has 0 spiro atoms. The predicted octanol–water partition coefficient (Wildman–Crippen LogP) is 3.05. The maximum absolute atomic E-state index is 5.57. The molecule has 3 aromatic rings. The van der Waals surface area contributed by atoms with Gasteiger partial charge in [0.05, 0.1) is 17.3 Å². The normalized spacial score (nSPS) is 17.0. The van der Waals surface area contributed by atoms with E-state index in [1.54, 1.807) is 0 Å². The number of hydrogen-bond donors (Lipinski definition) is 1. The smallest absolute Gasteiger partial charge is 0.125 e. The number of para-hydroxylation sites is 1. The number of aromatic nitrogens is 4. The Balaban J connectivity index is 1.60. The van der Waals surface area contributed by atoms with E-state index in [4.69, 9.17) is 9.84 Å². The average Bonchev–Trinajstić information content (AvgIpc) is 3.27. The van der Waals surface area contributed by atoms with Crippen LogP contribution in [0, 0.1) is 5.92 Å². The molecule has 6 nitrogen and oxygen atoms in total. The van der Waals surface area contributed by atoms with Gasteiger partial charge in [-0.25, -0.2) is 4.98 Å². The highest BCUT2D eigenvalue weighted by Gasteiger charge is 2.28. The highest BCUT2D eigenvalue weighted by molar-refractivity contribution is 5.81. The Morgan fingerprint density at radius 1 is 1.27 bits per heavy atom. The van der Waals surface area contributed by atoms with Gasteiger partial charge in [0.15, 0.2) is 0 Å². The minimum Gasteiger partial charge on any atom is -0.381 e. The molecule has 1 aliphatic heterocycles. The first-order chi connectivity index (χ1) is 12.8. The highest BCUT2D eigenvalue weighted by Crippen LogP contribution is 2.30. The van der Waals surface area contributed by atoms with E-state index in [0.29, 0.717) is 5.92 Å². The molecule has 0 amide bonds. The van der Waals surface area contributed by atoms with Gasteiger partial charge >= 0.3 is 0 Å². The molecule has 0 unspecified atom stereocenters. The number of ether oxygens (including phenoxy) is 1. The summed E-state index contributed by atoms with van der Waals surface area (Å²) in [5, 5.41) is 9.82. The number of benzene rings is 1. The van der Waals surface area contributed by atoms with Gasteiger partial charge in [-0.3, -0.25) is 4.68 Å². The molecule has 26 heavy (non-hydrogen) atoms. The van der Waals surface area contributed by atoms with Crippen molar-refractivity contribution < 1.29 is 4.74 Å². The third-order valence-electron chi connectivity index (χ3n) is 5.40. The topological polar surface area (TPSA) is 56.9 Å². The Hall–Kier alpha value is -2.18. The molecule has 3 heterocycles. The molecular formula is C20H27N5O. The molecule has 1 fully saturated rings. The standard InChI is InChI=1S/C20H27N5O/c1-3-25-18-7-5-4-6-16(18)17(23-25)14-22-19(15-8-12-26-13-9-15)20-21-10-11-24(20)2/h4-7,10-11,15,19,22H,3,8-9,12-14H2,1-2H3/t19-/m1/s1. The lowest BCUT2D eigenvalue weighted by atomic mass is 9.91. The highest BCUT2D eigenvalue weighted by atomic mass is 16.5. The van der Waals surface area contributed by atoms with Crippen LogP contribution in [0.5, 0.6) is 0 Å². The second-order valence-electron chi connectivity index (χ2n) is 6.98. The van der Waals surface area contributed by atoms with E-state index in [9.17, 15) is 0 Å². The molecular weight excluding hydrogens is 326 g/mol. The summed E-state index contributed by atoms with van der Waals surface area (Å²) in [6.45, 7) is 5.42. The first-order valence-corrected chi connectivity index (χ1v) is 9.50. The second kappa shape index (κ2) is 7.60. The number of nitrogens with zero attached hydrogens (tertiary/aromatic N) is 4. The summed E-state index contributed by atoms with van der Waals surface area (Å²) in [5.74, 6) is 1.63. The summed E-state index contributed by atoms with van der Waals surface area (Å²) in [6.07, 6.45) is 6.03. The zero-order valence-corrected chi connectivity index (χ0v) is 15.6. The van der Waals surface area contributed by atoms with Gasteiger partial charge < -0.3 is 14.6 Å². The minimum absolute atomic E-state index is 0.212. The summed E-state index contributed by atoms with van der Waals surface area (Å²) >= 11 is 0. The van der Waals surface area contributed by atoms with Gasteiger partial charge in [0.1, 0.15) is 5.82 Å². The van der Waals surface area contributed by atoms with Gasteiger partial charge in [0, 0.05) is 51.1 Å². The van der Waals surface area contributed by atoms with Crippen LogP contribution in [-0.4, -0.2) is 32.5 Å². The van der Waals surface area contributed by atoms with Crippen molar-refractivity contribution in [1.29, 1.82) is 0 Å². The van der Waals surface area contributed by atoms with Crippen molar-refractivity contribution in [3.05, 3.63) is 48.2 Å². The van der Waals surface area contributed by atoms with Crippen molar-refractivity contribution in [1.82, 2.24) is 24.6 Å². The summed E-state index contributed by atoms with van der Waals surface area (Å²) in [4.78, 5) is 4.62. The zero-order valence-electron chi connectivity index (χ0n) is 15.6. The van der Waals surface area contributed by atoms with E-state index in [0.717, 1.165) is 50.7 Å². The number of hydrogen-bond acceptors (Lipinski definition) is 4. The monoisotopic (exact) mass is 353 g/mol. The zero-order chi connectivity index (χ0) is 17.9. The number of imidazole rings is 1. The largest absolute Gasteiger partial charge is 0.381 e. The molecule has 2 aromatic heterocycles. The SMILES string of the molecule is CCn1nc(CN[C@@H](c2nccn2C)C2CCOCC2)c2ccccc21. The van der Waals surface area contributed by atoms with Gasteiger partial charge in [0.2, 0.25) is 0 Å². The molecule has 1 N–H and O–H groups in total. The van der Waals surface area contributed by atoms with Crippen LogP contribution in [0.15, 0.2) is 36.7 Å². The van der Waals surface area contributed by atoms with Crippen LogP contribution >= 0.6 is 0 Å². The van der Waals surface area contributed by atoms with Crippen molar-refractivity contribution >= 4 is 10.9 Å². The van der Waals surface area contributed by atoms with E-state index in [1.165, 1.54) is 10.9 Å². The van der Waals surface area contributed by atoms with Crippen molar-refractivity contribution in [2.75, 3.05) is 13.2 Å². The fourth-order valence-electron chi connectivity index (χ4n) is 3.97. The quantitative estimate of drug-likeness (QED) is 0.740. The Morgan fingerprint density at radius 2 is 2.08 bits per heavy atom. The van der Waals surface area contributed by atoms with Crippen LogP contribution in [-0.2, 0) is 24.9 Å². The third kappa shape index (κ3) is 3.27. The molecule has 1 aliphatic rings. The first kappa shape index (κ1) is 17.2. The molecule has 0 aliphatic carbocycles. The van der Waals surface area contributed by atoms with E-state index < -0.39 is 0 Å². The van der Waals surface area contributed by atoms with Crippen molar-refractivity contribution in [3.63, 3.8) is 0 Å². The predicted molar refractivity (Wildman–Crippen MR) is 102 cm³/mol. The van der Waals surface area contributed by atoms with Crippen molar-refractivity contribution in [3.8, 4) is 0 Å². The van der Waals surface area contributed by atoms with Gasteiger partial charge in [-0.2, -0.15) is 5.10 Å². The number of rotatable bonds is 6. The summed E-state index contributed by atoms with van der Waals surface area (Å²) < 4.78 is 9.77. The molecule has 1 atom stereocenters. The van der Waals surface area contributed by atoms with Crippen molar-refractivity contribution in [2.24, 2.45) is 13.0 Å². The van der Waals surface area contributed by atoms with Crippen LogP contribution in [0.3, 0.4) is 0 Å². The molecule has 1 aromatic carbocycles. The van der Waals surface area contributed by atoms with Crippen LogP contribution in [0.1, 0.15) is 37.3 Å². The fraction of sp³-hybridized carbons (Fsp3) is 0.500. The van der Waals surface area contributed by atoms with Crippen LogP contribution in [0.2, 0.25) is 0 Å². The number of aryl methyl sites for hydroxylation is 2. The van der Waals surface area contributed by atoms with Crippen molar-refractivity contribution in [2.45, 2.75) is 38.9 Å². The van der Waals surface area contributed by atoms with Crippen LogP contribution < -0.4 is 5.32 Å². The number of nitrogens with one attached hydrogen (secondary N) is 1. The maximum Gasteiger partial charge on any atom is 0.125 e. The Bertz CT molecular complexity index is 862. The van der Waals surface area contributed by atoms with Gasteiger partial charge in [0.25, 0.3) is 0 Å². The fourth-order valence-corrected chi connectivity index (χ4v) is 3.97. The van der Waals surface area contributed by atoms with E-state index in [1.807, 2.05) is 12.4 Å². The lowest BCUT2D eigenvalue weighted by Gasteiger charge is -2.30. The molecule has 4 rings (SSSR count). The second-order valence-corrected chi connectivity index (χ2v) is 6.98. The van der Waals surface area contributed by atoms with E-state index >= 15 is 0 Å². The van der Waals surface area contributed by atoms with Gasteiger partial charge in [-0.1, -0.05) is 18.2 Å². The molecule has 6 heteroatoms. The van der Waals surface area contributed by atoms with Crippen LogP contribution in [0.25, 0.3) is 10.9 Å².